The van der Waals surface area contributed by atoms with Gasteiger partial charge in [0.2, 0.25) is 5.91 Å². The summed E-state index contributed by atoms with van der Waals surface area (Å²) in [4.78, 5) is 26.5. The van der Waals surface area contributed by atoms with Crippen LogP contribution in [-0.4, -0.2) is 56.1 Å². The fourth-order valence-electron chi connectivity index (χ4n) is 2.52. The Morgan fingerprint density at radius 3 is 2.56 bits per heavy atom. The smallest absolute Gasteiger partial charge is 0.251 e. The highest BCUT2D eigenvalue weighted by Crippen LogP contribution is 2.13. The third-order valence-electron chi connectivity index (χ3n) is 4.14. The van der Waals surface area contributed by atoms with E-state index < -0.39 is 5.41 Å². The summed E-state index contributed by atoms with van der Waals surface area (Å²) in [6.07, 6.45) is 0. The Kier molecular flexibility index (Phi) is 6.96. The molecule has 1 fully saturated rings. The lowest BCUT2D eigenvalue weighted by Crippen LogP contribution is -2.41. The van der Waals surface area contributed by atoms with Gasteiger partial charge in [0.1, 0.15) is 0 Å². The van der Waals surface area contributed by atoms with Gasteiger partial charge in [0, 0.05) is 43.7 Å². The van der Waals surface area contributed by atoms with Gasteiger partial charge < -0.3 is 15.4 Å². The van der Waals surface area contributed by atoms with E-state index in [1.165, 1.54) is 0 Å². The minimum absolute atomic E-state index is 0.00661. The number of hydrogen-bond donors (Lipinski definition) is 2. The molecule has 1 aliphatic heterocycles. The maximum atomic E-state index is 12.3. The van der Waals surface area contributed by atoms with Gasteiger partial charge >= 0.3 is 0 Å². The van der Waals surface area contributed by atoms with Crippen molar-refractivity contribution >= 4 is 11.8 Å². The molecule has 6 heteroatoms. The second-order valence-electron chi connectivity index (χ2n) is 7.34. The van der Waals surface area contributed by atoms with Gasteiger partial charge in [-0.25, -0.2) is 0 Å². The molecular formula is C19H29N3O3. The summed E-state index contributed by atoms with van der Waals surface area (Å²) in [5, 5.41) is 5.86. The number of rotatable bonds is 6. The van der Waals surface area contributed by atoms with Gasteiger partial charge in [-0.05, 0) is 17.7 Å². The summed E-state index contributed by atoms with van der Waals surface area (Å²) in [5.74, 6) is -0.0925. The summed E-state index contributed by atoms with van der Waals surface area (Å²) in [6, 6.07) is 7.37. The maximum Gasteiger partial charge on any atom is 0.251 e. The van der Waals surface area contributed by atoms with Crippen molar-refractivity contribution < 1.29 is 14.3 Å². The number of ether oxygens (including phenoxy) is 1. The average Bonchev–Trinajstić information content (AvgIpc) is 2.60. The van der Waals surface area contributed by atoms with Gasteiger partial charge in [0.25, 0.3) is 5.91 Å². The second-order valence-corrected chi connectivity index (χ2v) is 7.34. The number of morpholine rings is 1. The SMILES string of the molecule is CC(C)(C)C(=O)NCc1cccc(C(=O)NCCN2CCOCC2)c1. The standard InChI is InChI=1S/C19H29N3O3/c1-19(2,3)18(24)21-14-15-5-4-6-16(13-15)17(23)20-7-8-22-9-11-25-12-10-22/h4-6,13H,7-12,14H2,1-3H3,(H,20,23)(H,21,24). The van der Waals surface area contributed by atoms with Crippen LogP contribution in [0.4, 0.5) is 0 Å². The van der Waals surface area contributed by atoms with Crippen molar-refractivity contribution in [3.05, 3.63) is 35.4 Å². The van der Waals surface area contributed by atoms with Crippen molar-refractivity contribution in [3.8, 4) is 0 Å². The lowest BCUT2D eigenvalue weighted by molar-refractivity contribution is -0.128. The Morgan fingerprint density at radius 2 is 1.88 bits per heavy atom. The van der Waals surface area contributed by atoms with Gasteiger partial charge in [-0.3, -0.25) is 14.5 Å². The van der Waals surface area contributed by atoms with E-state index in [0.717, 1.165) is 38.4 Å². The van der Waals surface area contributed by atoms with Gasteiger partial charge in [-0.15, -0.1) is 0 Å². The molecule has 6 nitrogen and oxygen atoms in total. The third-order valence-corrected chi connectivity index (χ3v) is 4.14. The molecular weight excluding hydrogens is 318 g/mol. The molecule has 0 atom stereocenters. The molecule has 0 aromatic heterocycles. The first-order valence-electron chi connectivity index (χ1n) is 8.82. The molecule has 1 heterocycles. The van der Waals surface area contributed by atoms with E-state index >= 15 is 0 Å². The molecule has 1 saturated heterocycles. The Hall–Kier alpha value is -1.92. The van der Waals surface area contributed by atoms with Gasteiger partial charge in [0.15, 0.2) is 0 Å². The molecule has 25 heavy (non-hydrogen) atoms. The molecule has 0 bridgehead atoms. The van der Waals surface area contributed by atoms with Crippen LogP contribution in [0.15, 0.2) is 24.3 Å². The van der Waals surface area contributed by atoms with E-state index in [1.54, 1.807) is 6.07 Å². The molecule has 138 valence electrons. The summed E-state index contributed by atoms with van der Waals surface area (Å²) in [7, 11) is 0. The van der Waals surface area contributed by atoms with E-state index in [-0.39, 0.29) is 11.8 Å². The van der Waals surface area contributed by atoms with Gasteiger partial charge in [-0.2, -0.15) is 0 Å². The van der Waals surface area contributed by atoms with Crippen LogP contribution in [0.3, 0.4) is 0 Å². The molecule has 0 aliphatic carbocycles. The van der Waals surface area contributed by atoms with Crippen molar-refractivity contribution in [3.63, 3.8) is 0 Å². The second kappa shape index (κ2) is 8.97. The lowest BCUT2D eigenvalue weighted by atomic mass is 9.95. The van der Waals surface area contributed by atoms with Gasteiger partial charge in [-0.1, -0.05) is 32.9 Å². The highest BCUT2D eigenvalue weighted by Gasteiger charge is 2.20. The predicted octanol–water partition coefficient (Wildman–Crippen LogP) is 1.41. The first kappa shape index (κ1) is 19.4. The van der Waals surface area contributed by atoms with E-state index in [2.05, 4.69) is 15.5 Å². The number of nitrogens with zero attached hydrogens (tertiary/aromatic N) is 1. The van der Waals surface area contributed by atoms with E-state index in [9.17, 15) is 9.59 Å². The number of benzene rings is 1. The highest BCUT2D eigenvalue weighted by atomic mass is 16.5. The topological polar surface area (TPSA) is 70.7 Å². The fraction of sp³-hybridized carbons (Fsp3) is 0.579. The van der Waals surface area contributed by atoms with Gasteiger partial charge in [0.05, 0.1) is 13.2 Å². The zero-order chi connectivity index (χ0) is 18.3. The monoisotopic (exact) mass is 347 g/mol. The van der Waals surface area contributed by atoms with Crippen LogP contribution >= 0.6 is 0 Å². The van der Waals surface area contributed by atoms with Crippen LogP contribution in [0.2, 0.25) is 0 Å². The number of amides is 2. The normalized spacial score (nSPS) is 15.6. The van der Waals surface area contributed by atoms with Crippen molar-refractivity contribution in [1.82, 2.24) is 15.5 Å². The summed E-state index contributed by atoms with van der Waals surface area (Å²) in [6.45, 7) is 10.8. The molecule has 1 aromatic rings. The molecule has 0 saturated carbocycles. The first-order valence-corrected chi connectivity index (χ1v) is 8.82. The van der Waals surface area contributed by atoms with Crippen molar-refractivity contribution in [1.29, 1.82) is 0 Å². The minimum Gasteiger partial charge on any atom is -0.379 e. The Morgan fingerprint density at radius 1 is 1.16 bits per heavy atom. The quantitative estimate of drug-likeness (QED) is 0.816. The van der Waals surface area contributed by atoms with E-state index in [0.29, 0.717) is 18.7 Å². The Bertz CT molecular complexity index is 590. The molecule has 2 rings (SSSR count). The summed E-state index contributed by atoms with van der Waals surface area (Å²) in [5.41, 5.74) is 1.11. The molecule has 0 spiro atoms. The molecule has 2 N–H and O–H groups in total. The number of hydrogen-bond acceptors (Lipinski definition) is 4. The summed E-state index contributed by atoms with van der Waals surface area (Å²) < 4.78 is 5.31. The lowest BCUT2D eigenvalue weighted by Gasteiger charge is -2.26. The van der Waals surface area contributed by atoms with Crippen LogP contribution in [0.1, 0.15) is 36.7 Å². The van der Waals surface area contributed by atoms with Crippen molar-refractivity contribution in [2.75, 3.05) is 39.4 Å². The Labute approximate surface area is 149 Å². The van der Waals surface area contributed by atoms with Crippen LogP contribution in [0.25, 0.3) is 0 Å². The minimum atomic E-state index is -0.422. The predicted molar refractivity (Wildman–Crippen MR) is 97.3 cm³/mol. The zero-order valence-electron chi connectivity index (χ0n) is 15.4. The average molecular weight is 347 g/mol. The number of carbonyl (C=O) groups is 2. The Balaban J connectivity index is 1.80. The molecule has 1 aliphatic rings. The first-order chi connectivity index (χ1) is 11.9. The zero-order valence-corrected chi connectivity index (χ0v) is 15.4. The largest absolute Gasteiger partial charge is 0.379 e. The van der Waals surface area contributed by atoms with Crippen LogP contribution in [-0.2, 0) is 16.1 Å². The van der Waals surface area contributed by atoms with E-state index in [4.69, 9.17) is 4.74 Å². The molecule has 0 unspecified atom stereocenters. The van der Waals surface area contributed by atoms with Crippen molar-refractivity contribution in [2.24, 2.45) is 5.41 Å². The van der Waals surface area contributed by atoms with Crippen LogP contribution in [0.5, 0.6) is 0 Å². The molecule has 0 radical (unpaired) electrons. The number of carbonyl (C=O) groups excluding carboxylic acids is 2. The fourth-order valence-corrected chi connectivity index (χ4v) is 2.52. The molecule has 1 aromatic carbocycles. The number of nitrogens with one attached hydrogen (secondary N) is 2. The maximum absolute atomic E-state index is 12.3. The highest BCUT2D eigenvalue weighted by molar-refractivity contribution is 5.94. The third kappa shape index (κ3) is 6.48. The van der Waals surface area contributed by atoms with E-state index in [1.807, 2.05) is 39.0 Å². The summed E-state index contributed by atoms with van der Waals surface area (Å²) >= 11 is 0. The molecule has 2 amide bonds. The van der Waals surface area contributed by atoms with Crippen LogP contribution in [0, 0.1) is 5.41 Å². The van der Waals surface area contributed by atoms with Crippen molar-refractivity contribution in [2.45, 2.75) is 27.3 Å². The van der Waals surface area contributed by atoms with Crippen LogP contribution < -0.4 is 10.6 Å².